The van der Waals surface area contributed by atoms with Crippen LogP contribution >= 0.6 is 15.9 Å². The van der Waals surface area contributed by atoms with Crippen LogP contribution in [0.2, 0.25) is 0 Å². The average Bonchev–Trinajstić information content (AvgIpc) is 2.40. The predicted molar refractivity (Wildman–Crippen MR) is 80.5 cm³/mol. The van der Waals surface area contributed by atoms with Crippen molar-refractivity contribution in [2.45, 2.75) is 11.8 Å². The third-order valence-electron chi connectivity index (χ3n) is 2.87. The molecule has 0 amide bonds. The zero-order valence-electron chi connectivity index (χ0n) is 10.8. The molecule has 2 aromatic rings. The van der Waals surface area contributed by atoms with Crippen LogP contribution in [0.15, 0.2) is 39.7 Å². The van der Waals surface area contributed by atoms with Crippen LogP contribution in [0.5, 0.6) is 0 Å². The van der Waals surface area contributed by atoms with E-state index >= 15 is 0 Å². The van der Waals surface area contributed by atoms with Crippen LogP contribution in [-0.4, -0.2) is 8.42 Å². The lowest BCUT2D eigenvalue weighted by Crippen LogP contribution is -2.15. The van der Waals surface area contributed by atoms with E-state index < -0.39 is 21.7 Å². The highest BCUT2D eigenvalue weighted by Gasteiger charge is 2.20. The van der Waals surface area contributed by atoms with Gasteiger partial charge in [-0.15, -0.1) is 0 Å². The van der Waals surface area contributed by atoms with Crippen molar-refractivity contribution in [3.05, 3.63) is 52.0 Å². The molecule has 112 valence electrons. The molecule has 0 radical (unpaired) electrons. The maximum atomic E-state index is 13.7. The van der Waals surface area contributed by atoms with E-state index in [1.807, 2.05) is 0 Å². The van der Waals surface area contributed by atoms with Gasteiger partial charge in [0.25, 0.3) is 10.0 Å². The summed E-state index contributed by atoms with van der Waals surface area (Å²) in [6.07, 6.45) is 0. The Morgan fingerprint density at radius 3 is 2.43 bits per heavy atom. The van der Waals surface area contributed by atoms with Gasteiger partial charge in [-0.1, -0.05) is 6.07 Å². The molecule has 0 aromatic heterocycles. The molecule has 0 aliphatic heterocycles. The van der Waals surface area contributed by atoms with Crippen LogP contribution in [-0.2, 0) is 10.0 Å². The molecule has 21 heavy (non-hydrogen) atoms. The van der Waals surface area contributed by atoms with Crippen LogP contribution < -0.4 is 10.5 Å². The Kier molecular flexibility index (Phi) is 4.20. The molecule has 0 saturated carbocycles. The van der Waals surface area contributed by atoms with Gasteiger partial charge in [0.15, 0.2) is 0 Å². The molecular formula is C13H11BrF2N2O2S. The molecule has 0 fully saturated rings. The number of anilines is 2. The lowest BCUT2D eigenvalue weighted by atomic mass is 10.2. The van der Waals surface area contributed by atoms with Gasteiger partial charge in [-0.05, 0) is 47.1 Å². The zero-order valence-corrected chi connectivity index (χ0v) is 13.2. The van der Waals surface area contributed by atoms with Gasteiger partial charge < -0.3 is 5.73 Å². The minimum atomic E-state index is -4.16. The SMILES string of the molecule is Cc1c(N)cc(S(=O)(=O)Nc2c(F)cccc2Br)cc1F. The minimum absolute atomic E-state index is 0.00275. The maximum Gasteiger partial charge on any atom is 0.262 e. The van der Waals surface area contributed by atoms with Crippen LogP contribution in [0.4, 0.5) is 20.2 Å². The van der Waals surface area contributed by atoms with Crippen LogP contribution in [0.1, 0.15) is 5.56 Å². The van der Waals surface area contributed by atoms with Gasteiger partial charge in [-0.2, -0.15) is 0 Å². The largest absolute Gasteiger partial charge is 0.398 e. The smallest absolute Gasteiger partial charge is 0.262 e. The van der Waals surface area contributed by atoms with Crippen molar-refractivity contribution < 1.29 is 17.2 Å². The molecule has 0 saturated heterocycles. The van der Waals surface area contributed by atoms with Gasteiger partial charge >= 0.3 is 0 Å². The first kappa shape index (κ1) is 15.7. The Bertz CT molecular complexity index is 767. The highest BCUT2D eigenvalue weighted by atomic mass is 79.9. The molecule has 2 aromatic carbocycles. The zero-order chi connectivity index (χ0) is 15.8. The molecule has 8 heteroatoms. The van der Waals surface area contributed by atoms with Gasteiger partial charge in [-0.3, -0.25) is 4.72 Å². The van der Waals surface area contributed by atoms with Crippen molar-refractivity contribution in [3.63, 3.8) is 0 Å². The number of hydrogen-bond acceptors (Lipinski definition) is 3. The second kappa shape index (κ2) is 5.61. The number of nitrogen functional groups attached to an aromatic ring is 1. The topological polar surface area (TPSA) is 72.2 Å². The van der Waals surface area contributed by atoms with Crippen molar-refractivity contribution >= 4 is 37.3 Å². The van der Waals surface area contributed by atoms with Crippen molar-refractivity contribution in [2.24, 2.45) is 0 Å². The van der Waals surface area contributed by atoms with E-state index in [1.54, 1.807) is 0 Å². The molecule has 0 heterocycles. The first-order valence-electron chi connectivity index (χ1n) is 5.75. The molecule has 0 spiro atoms. The van der Waals surface area contributed by atoms with E-state index in [1.165, 1.54) is 19.1 Å². The number of sulfonamides is 1. The summed E-state index contributed by atoms with van der Waals surface area (Å²) in [6.45, 7) is 1.43. The van der Waals surface area contributed by atoms with E-state index in [9.17, 15) is 17.2 Å². The number of para-hydroxylation sites is 1. The lowest BCUT2D eigenvalue weighted by molar-refractivity contribution is 0.592. The highest BCUT2D eigenvalue weighted by Crippen LogP contribution is 2.29. The van der Waals surface area contributed by atoms with Crippen molar-refractivity contribution in [3.8, 4) is 0 Å². The third kappa shape index (κ3) is 3.16. The van der Waals surface area contributed by atoms with Crippen molar-refractivity contribution in [1.29, 1.82) is 0 Å². The fraction of sp³-hybridized carbons (Fsp3) is 0.0769. The summed E-state index contributed by atoms with van der Waals surface area (Å²) < 4.78 is 54.0. The first-order chi connectivity index (χ1) is 9.72. The second-order valence-electron chi connectivity index (χ2n) is 4.32. The van der Waals surface area contributed by atoms with E-state index in [0.717, 1.165) is 18.2 Å². The van der Waals surface area contributed by atoms with Gasteiger partial charge in [0.05, 0.1) is 10.6 Å². The third-order valence-corrected chi connectivity index (χ3v) is 4.86. The van der Waals surface area contributed by atoms with Gasteiger partial charge in [0, 0.05) is 15.7 Å². The molecular weight excluding hydrogens is 366 g/mol. The first-order valence-corrected chi connectivity index (χ1v) is 8.02. The lowest BCUT2D eigenvalue weighted by Gasteiger charge is -2.12. The van der Waals surface area contributed by atoms with Gasteiger partial charge in [-0.25, -0.2) is 17.2 Å². The van der Waals surface area contributed by atoms with Crippen LogP contribution in [0.25, 0.3) is 0 Å². The number of nitrogens with two attached hydrogens (primary N) is 1. The number of benzene rings is 2. The standard InChI is InChI=1S/C13H11BrF2N2O2S/c1-7-11(16)5-8(6-12(7)17)21(19,20)18-13-9(14)3-2-4-10(13)15/h2-6,18H,17H2,1H3. The summed E-state index contributed by atoms with van der Waals surface area (Å²) in [7, 11) is -4.16. The minimum Gasteiger partial charge on any atom is -0.398 e. The molecule has 2 rings (SSSR count). The van der Waals surface area contributed by atoms with Crippen LogP contribution in [0, 0.1) is 18.6 Å². The summed E-state index contributed by atoms with van der Waals surface area (Å²) in [5.41, 5.74) is 5.46. The summed E-state index contributed by atoms with van der Waals surface area (Å²) in [5, 5.41) is 0. The summed E-state index contributed by atoms with van der Waals surface area (Å²) in [4.78, 5) is -0.377. The molecule has 4 nitrogen and oxygen atoms in total. The quantitative estimate of drug-likeness (QED) is 0.806. The van der Waals surface area contributed by atoms with Crippen LogP contribution in [0.3, 0.4) is 0 Å². The number of halogens is 3. The Balaban J connectivity index is 2.49. The van der Waals surface area contributed by atoms with Gasteiger partial charge in [0.1, 0.15) is 11.6 Å². The fourth-order valence-corrected chi connectivity index (χ4v) is 3.33. The normalized spacial score (nSPS) is 11.4. The second-order valence-corrected chi connectivity index (χ2v) is 6.86. The number of hydrogen-bond donors (Lipinski definition) is 2. The predicted octanol–water partition coefficient (Wildman–Crippen LogP) is 3.42. The Labute approximate surface area is 129 Å². The number of nitrogens with one attached hydrogen (secondary N) is 1. The number of rotatable bonds is 3. The maximum absolute atomic E-state index is 13.7. The Hall–Kier alpha value is -1.67. The molecule has 0 atom stereocenters. The molecule has 0 bridgehead atoms. The van der Waals surface area contributed by atoms with Gasteiger partial charge in [0.2, 0.25) is 0 Å². The average molecular weight is 377 g/mol. The van der Waals surface area contributed by atoms with Crippen molar-refractivity contribution in [1.82, 2.24) is 0 Å². The summed E-state index contributed by atoms with van der Waals surface area (Å²) >= 11 is 3.05. The molecule has 3 N–H and O–H groups in total. The Morgan fingerprint density at radius 2 is 1.86 bits per heavy atom. The molecule has 0 aliphatic rings. The van der Waals surface area contributed by atoms with Crippen molar-refractivity contribution in [2.75, 3.05) is 10.5 Å². The Morgan fingerprint density at radius 1 is 1.19 bits per heavy atom. The van der Waals surface area contributed by atoms with E-state index in [2.05, 4.69) is 20.7 Å². The van der Waals surface area contributed by atoms with E-state index in [0.29, 0.717) is 0 Å². The summed E-state index contributed by atoms with van der Waals surface area (Å²) in [5.74, 6) is -1.50. The fourth-order valence-electron chi connectivity index (χ4n) is 1.62. The van der Waals surface area contributed by atoms with E-state index in [4.69, 9.17) is 5.73 Å². The molecule has 0 unspecified atom stereocenters. The highest BCUT2D eigenvalue weighted by molar-refractivity contribution is 9.10. The summed E-state index contributed by atoms with van der Waals surface area (Å²) in [6, 6.07) is 5.96. The van der Waals surface area contributed by atoms with E-state index in [-0.39, 0.29) is 26.3 Å². The molecule has 0 aliphatic carbocycles. The monoisotopic (exact) mass is 376 g/mol.